The van der Waals surface area contributed by atoms with Gasteiger partial charge >= 0.3 is 23.4 Å². The number of fused-ring (bicyclic) bond motifs is 1. The minimum absolute atomic E-state index is 0.0541. The van der Waals surface area contributed by atoms with E-state index < -0.39 is 54.5 Å². The maximum atomic E-state index is 12.2. The van der Waals surface area contributed by atoms with Crippen molar-refractivity contribution in [2.75, 3.05) is 12.3 Å². The van der Waals surface area contributed by atoms with E-state index in [0.29, 0.717) is 5.56 Å². The Bertz CT molecular complexity index is 1430. The number of nitrogens with zero attached hydrogens (tertiary/aromatic N) is 4. The Hall–Kier alpha value is -2.14. The first-order valence-electron chi connectivity index (χ1n) is 10.6. The molecule has 0 saturated carbocycles. The highest BCUT2D eigenvalue weighted by atomic mass is 31.3. The van der Waals surface area contributed by atoms with Crippen LogP contribution in [-0.2, 0) is 38.1 Å². The van der Waals surface area contributed by atoms with Crippen molar-refractivity contribution in [2.24, 2.45) is 0 Å². The molecule has 1 aliphatic rings. The molecule has 0 bridgehead atoms. The highest BCUT2D eigenvalue weighted by molar-refractivity contribution is 7.67. The Balaban J connectivity index is 1.35. The van der Waals surface area contributed by atoms with E-state index >= 15 is 0 Å². The number of aromatic nitrogens is 4. The summed E-state index contributed by atoms with van der Waals surface area (Å²) in [6, 6.07) is 8.18. The van der Waals surface area contributed by atoms with Crippen molar-refractivity contribution in [3.05, 3.63) is 48.5 Å². The van der Waals surface area contributed by atoms with Crippen LogP contribution in [0, 0.1) is 0 Å². The quantitative estimate of drug-likeness (QED) is 0.145. The van der Waals surface area contributed by atoms with Gasteiger partial charge in [-0.15, -0.1) is 0 Å². The predicted octanol–water partition coefficient (Wildman–Crippen LogP) is 0.168. The smallest absolute Gasteiger partial charge is 0.387 e. The van der Waals surface area contributed by atoms with Crippen LogP contribution in [0.3, 0.4) is 0 Å². The largest absolute Gasteiger partial charge is 0.489 e. The lowest BCUT2D eigenvalue weighted by molar-refractivity contribution is -0.0503. The van der Waals surface area contributed by atoms with Crippen LogP contribution in [0.15, 0.2) is 43.0 Å². The van der Waals surface area contributed by atoms with Crippen LogP contribution in [-0.4, -0.2) is 69.3 Å². The molecule has 4 rings (SSSR count). The van der Waals surface area contributed by atoms with Crippen LogP contribution in [0.1, 0.15) is 11.8 Å². The molecule has 18 nitrogen and oxygen atoms in total. The van der Waals surface area contributed by atoms with Crippen molar-refractivity contribution in [1.29, 1.82) is 0 Å². The van der Waals surface area contributed by atoms with E-state index in [1.807, 2.05) is 5.09 Å². The van der Waals surface area contributed by atoms with Crippen molar-refractivity contribution in [3.63, 3.8) is 0 Å². The van der Waals surface area contributed by atoms with E-state index in [0.717, 1.165) is 6.33 Å². The molecular formula is C17H23N6O12P3. The average molecular weight is 596 g/mol. The van der Waals surface area contributed by atoms with Crippen molar-refractivity contribution < 1.29 is 56.5 Å². The molecular weight excluding hydrogens is 573 g/mol. The minimum Gasteiger partial charge on any atom is -0.387 e. The summed E-state index contributed by atoms with van der Waals surface area (Å²) < 4.78 is 56.0. The molecule has 1 fully saturated rings. The number of nitrogens with two attached hydrogens (primary N) is 1. The van der Waals surface area contributed by atoms with Crippen LogP contribution < -0.4 is 10.8 Å². The van der Waals surface area contributed by atoms with Crippen LogP contribution in [0.25, 0.3) is 11.2 Å². The van der Waals surface area contributed by atoms with Crippen LogP contribution in [0.2, 0.25) is 0 Å². The molecule has 1 aliphatic heterocycles. The summed E-state index contributed by atoms with van der Waals surface area (Å²) in [6.07, 6.45) is -3.59. The van der Waals surface area contributed by atoms with Gasteiger partial charge in [-0.1, -0.05) is 30.3 Å². The third-order valence-electron chi connectivity index (χ3n) is 5.15. The molecule has 0 aliphatic carbocycles. The van der Waals surface area contributed by atoms with E-state index in [1.165, 1.54) is 10.9 Å². The van der Waals surface area contributed by atoms with Crippen LogP contribution in [0.4, 0.5) is 5.82 Å². The standard InChI is InChI=1S/C17H23N6O12P3/c18-15-12-16(20-8-19-15)23(9-21-12)17-14(25)13(24)11(33-17)7-32-37(28,29)35-38(30,31)34-36(26,27)22-6-10-4-2-1-3-5-10/h1-5,8-9,11,13-14,17,24-25H,6-7H2,(H,28,29)(H,30,31)(H2,18,19,20)(H2,22,26,27)/t11-,13-,14-,17-/m1/s1. The van der Waals surface area contributed by atoms with Crippen LogP contribution in [0.5, 0.6) is 0 Å². The van der Waals surface area contributed by atoms with Gasteiger partial charge in [0, 0.05) is 6.54 Å². The van der Waals surface area contributed by atoms with E-state index in [9.17, 15) is 38.6 Å². The minimum atomic E-state index is -5.63. The van der Waals surface area contributed by atoms with Gasteiger partial charge in [0.15, 0.2) is 17.7 Å². The number of hydrogen-bond acceptors (Lipinski definition) is 13. The Morgan fingerprint density at radius 3 is 2.42 bits per heavy atom. The third-order valence-corrected chi connectivity index (χ3v) is 9.54. The van der Waals surface area contributed by atoms with Gasteiger partial charge in [-0.05, 0) is 5.56 Å². The summed E-state index contributed by atoms with van der Waals surface area (Å²) in [5.41, 5.74) is 6.62. The number of phosphoric ester groups is 1. The number of hydrogen-bond donors (Lipinski definition) is 7. The Kier molecular flexibility index (Phi) is 8.47. The number of rotatable bonds is 11. The molecule has 1 saturated heterocycles. The van der Waals surface area contributed by atoms with Gasteiger partial charge < -0.3 is 35.4 Å². The number of phosphoric acid groups is 2. The third kappa shape index (κ3) is 6.89. The summed E-state index contributed by atoms with van der Waals surface area (Å²) in [5, 5.41) is 22.7. The maximum Gasteiger partial charge on any atom is 0.489 e. The van der Waals surface area contributed by atoms with Gasteiger partial charge in [-0.2, -0.15) is 8.62 Å². The lowest BCUT2D eigenvalue weighted by Crippen LogP contribution is -2.33. The molecule has 2 aromatic heterocycles. The van der Waals surface area contributed by atoms with Gasteiger partial charge in [0.05, 0.1) is 12.9 Å². The molecule has 0 radical (unpaired) electrons. The number of anilines is 1. The first-order valence-corrected chi connectivity index (χ1v) is 15.1. The first kappa shape index (κ1) is 28.9. The van der Waals surface area contributed by atoms with E-state index in [-0.39, 0.29) is 23.5 Å². The number of imidazole rings is 1. The summed E-state index contributed by atoms with van der Waals surface area (Å²) in [4.78, 5) is 41.2. The van der Waals surface area contributed by atoms with Gasteiger partial charge in [-0.25, -0.2) is 33.7 Å². The molecule has 3 aromatic rings. The molecule has 3 heterocycles. The summed E-state index contributed by atoms with van der Waals surface area (Å²) >= 11 is 0. The molecule has 0 spiro atoms. The molecule has 1 aromatic carbocycles. The van der Waals surface area contributed by atoms with Crippen LogP contribution >= 0.6 is 23.4 Å². The zero-order valence-corrected chi connectivity index (χ0v) is 21.7. The first-order chi connectivity index (χ1) is 17.8. The zero-order chi connectivity index (χ0) is 27.7. The fraction of sp³-hybridized carbons (Fsp3) is 0.353. The fourth-order valence-electron chi connectivity index (χ4n) is 3.45. The number of benzene rings is 1. The molecule has 3 unspecified atom stereocenters. The second-order valence-corrected chi connectivity index (χ2v) is 12.7. The topological polar surface area (TPSA) is 271 Å². The van der Waals surface area contributed by atoms with E-state index in [2.05, 4.69) is 28.1 Å². The second kappa shape index (κ2) is 11.2. The van der Waals surface area contributed by atoms with Gasteiger partial charge in [0.1, 0.15) is 30.2 Å². The second-order valence-electron chi connectivity index (χ2n) is 7.87. The molecule has 0 amide bonds. The van der Waals surface area contributed by atoms with Crippen molar-refractivity contribution >= 4 is 40.4 Å². The Labute approximate surface area is 213 Å². The monoisotopic (exact) mass is 596 g/mol. The SMILES string of the molecule is Nc1ncnc2c1ncn2[C@@H]1O[C@H](COP(=O)(O)OP(=O)(O)OP(=O)(O)NCc2ccccc2)[C@@H](O)[C@H]1O. The molecule has 21 heteroatoms. The summed E-state index contributed by atoms with van der Waals surface area (Å²) in [7, 11) is -16.0. The number of nitrogen functional groups attached to an aromatic ring is 1. The normalized spacial score (nSPS) is 26.6. The van der Waals surface area contributed by atoms with Gasteiger partial charge in [0.25, 0.3) is 0 Å². The summed E-state index contributed by atoms with van der Waals surface area (Å²) in [6.45, 7) is -1.16. The van der Waals surface area contributed by atoms with E-state index in [4.69, 9.17) is 10.5 Å². The highest BCUT2D eigenvalue weighted by Gasteiger charge is 2.47. The molecule has 208 valence electrons. The number of nitrogens with one attached hydrogen (secondary N) is 1. The molecule has 38 heavy (non-hydrogen) atoms. The zero-order valence-electron chi connectivity index (χ0n) is 19.1. The average Bonchev–Trinajstić information content (AvgIpc) is 3.38. The fourth-order valence-corrected chi connectivity index (χ4v) is 7.13. The number of aliphatic hydroxyl groups is 2. The Morgan fingerprint density at radius 2 is 1.71 bits per heavy atom. The molecule has 8 N–H and O–H groups in total. The highest BCUT2D eigenvalue weighted by Crippen LogP contribution is 2.66. The maximum absolute atomic E-state index is 12.2. The lowest BCUT2D eigenvalue weighted by Gasteiger charge is -2.20. The number of ether oxygens (including phenoxy) is 1. The lowest BCUT2D eigenvalue weighted by atomic mass is 10.1. The molecule has 7 atom stereocenters. The van der Waals surface area contributed by atoms with Crippen molar-refractivity contribution in [1.82, 2.24) is 24.6 Å². The van der Waals surface area contributed by atoms with Crippen molar-refractivity contribution in [2.45, 2.75) is 31.1 Å². The van der Waals surface area contributed by atoms with Gasteiger partial charge in [0.2, 0.25) is 0 Å². The Morgan fingerprint density at radius 1 is 1.00 bits per heavy atom. The van der Waals surface area contributed by atoms with Gasteiger partial charge in [-0.3, -0.25) is 9.09 Å². The van der Waals surface area contributed by atoms with Crippen molar-refractivity contribution in [3.8, 4) is 0 Å². The summed E-state index contributed by atoms with van der Waals surface area (Å²) in [5.74, 6) is 0.0541. The number of aliphatic hydroxyl groups excluding tert-OH is 2. The predicted molar refractivity (Wildman–Crippen MR) is 127 cm³/mol. The van der Waals surface area contributed by atoms with E-state index in [1.54, 1.807) is 30.3 Å².